The average Bonchev–Trinajstić information content (AvgIpc) is 3.31. The molecule has 1 aromatic rings. The summed E-state index contributed by atoms with van der Waals surface area (Å²) in [5, 5.41) is 21.4. The van der Waals surface area contributed by atoms with Gasteiger partial charge in [0.1, 0.15) is 0 Å². The van der Waals surface area contributed by atoms with E-state index in [1.807, 2.05) is 18.5 Å². The van der Waals surface area contributed by atoms with E-state index in [4.69, 9.17) is 34.4 Å². The Bertz CT molecular complexity index is 1040. The van der Waals surface area contributed by atoms with E-state index in [0.717, 1.165) is 26.2 Å². The van der Waals surface area contributed by atoms with Gasteiger partial charge in [0.25, 0.3) is 0 Å². The molecule has 0 aromatic carbocycles. The minimum Gasteiger partial charge on any atom is -0.475 e. The first kappa shape index (κ1) is 40.8. The predicted octanol–water partition coefficient (Wildman–Crippen LogP) is 3.74. The first-order valence-corrected chi connectivity index (χ1v) is 13.6. The number of hydrogen-bond acceptors (Lipinski definition) is 8. The Kier molecular flexibility index (Phi) is 15.6. The summed E-state index contributed by atoms with van der Waals surface area (Å²) in [6, 6.07) is 4.21. The van der Waals surface area contributed by atoms with E-state index in [-0.39, 0.29) is 5.60 Å². The number of likely N-dealkylation sites (tertiary alicyclic amines) is 1. The van der Waals surface area contributed by atoms with Crippen molar-refractivity contribution in [1.29, 1.82) is 0 Å². The Balaban J connectivity index is 0.000000413. The number of carbonyl (C=O) groups is 3. The number of aromatic nitrogens is 1. The van der Waals surface area contributed by atoms with E-state index < -0.39 is 36.4 Å². The molecule has 0 bridgehead atoms. The standard InChI is InChI=1S/C20H32N4O.3C2HF3O2/c1-22-10-12-23(13-11-22)16-19-5-2-6-20(25-19)7-9-24(17-20)15-18-4-3-8-21-14-18;3*3-2(4,5)1(6)7/h3-4,8,14,19H,2,5-7,9-13,15-17H2,1H3;3*(H,6,7)/t19-,20-;;;/m1.../s1. The second-order valence-corrected chi connectivity index (χ2v) is 10.6. The molecular formula is C26H35F9N4O7. The average molecular weight is 687 g/mol. The van der Waals surface area contributed by atoms with Gasteiger partial charge in [0.15, 0.2) is 0 Å². The molecule has 4 heterocycles. The normalized spacial score (nSPS) is 22.8. The number of alkyl halides is 9. The Morgan fingerprint density at radius 1 is 0.848 bits per heavy atom. The highest BCUT2D eigenvalue weighted by atomic mass is 19.4. The quantitative estimate of drug-likeness (QED) is 0.399. The fraction of sp³-hybridized carbons (Fsp3) is 0.692. The number of carboxylic acid groups (broad SMARTS) is 3. The Labute approximate surface area is 257 Å². The molecule has 4 rings (SSSR count). The summed E-state index contributed by atoms with van der Waals surface area (Å²) in [6.07, 6.45) is -6.01. The summed E-state index contributed by atoms with van der Waals surface area (Å²) in [6.45, 7) is 9.12. The molecule has 3 saturated heterocycles. The van der Waals surface area contributed by atoms with Crippen LogP contribution in [0.15, 0.2) is 24.5 Å². The highest BCUT2D eigenvalue weighted by Gasteiger charge is 2.43. The molecule has 46 heavy (non-hydrogen) atoms. The monoisotopic (exact) mass is 686 g/mol. The molecule has 3 fully saturated rings. The Morgan fingerprint density at radius 3 is 1.78 bits per heavy atom. The number of likely N-dealkylation sites (N-methyl/N-ethyl adjacent to an activating group) is 1. The third kappa shape index (κ3) is 15.9. The molecule has 0 saturated carbocycles. The van der Waals surface area contributed by atoms with E-state index in [0.29, 0.717) is 6.10 Å². The van der Waals surface area contributed by atoms with Crippen LogP contribution in [0.4, 0.5) is 39.5 Å². The number of hydrogen-bond donors (Lipinski definition) is 3. The molecule has 0 aliphatic carbocycles. The fourth-order valence-corrected chi connectivity index (χ4v) is 4.68. The molecule has 1 spiro atoms. The first-order valence-electron chi connectivity index (χ1n) is 13.6. The van der Waals surface area contributed by atoms with Crippen molar-refractivity contribution >= 4 is 17.9 Å². The molecule has 3 aliphatic heterocycles. The van der Waals surface area contributed by atoms with Gasteiger partial charge < -0.3 is 25.0 Å². The van der Waals surface area contributed by atoms with Gasteiger partial charge in [-0.3, -0.25) is 14.8 Å². The van der Waals surface area contributed by atoms with Crippen molar-refractivity contribution in [2.75, 3.05) is 52.9 Å². The van der Waals surface area contributed by atoms with E-state index in [1.54, 1.807) is 0 Å². The van der Waals surface area contributed by atoms with Gasteiger partial charge in [0.2, 0.25) is 0 Å². The number of pyridine rings is 1. The van der Waals surface area contributed by atoms with Gasteiger partial charge in [-0.25, -0.2) is 14.4 Å². The third-order valence-corrected chi connectivity index (χ3v) is 6.88. The minimum atomic E-state index is -5.08. The summed E-state index contributed by atoms with van der Waals surface area (Å²) in [7, 11) is 2.22. The van der Waals surface area contributed by atoms with Crippen molar-refractivity contribution in [2.45, 2.75) is 62.5 Å². The number of carboxylic acids is 3. The smallest absolute Gasteiger partial charge is 0.475 e. The molecule has 0 unspecified atom stereocenters. The molecule has 264 valence electrons. The summed E-state index contributed by atoms with van der Waals surface area (Å²) >= 11 is 0. The van der Waals surface area contributed by atoms with Crippen molar-refractivity contribution < 1.29 is 74.0 Å². The van der Waals surface area contributed by atoms with Crippen molar-refractivity contribution in [1.82, 2.24) is 19.7 Å². The molecule has 11 nitrogen and oxygen atoms in total. The van der Waals surface area contributed by atoms with Crippen LogP contribution in [0.3, 0.4) is 0 Å². The zero-order chi connectivity index (χ0) is 35.3. The van der Waals surface area contributed by atoms with E-state index >= 15 is 0 Å². The van der Waals surface area contributed by atoms with E-state index in [1.165, 1.54) is 57.4 Å². The maximum absolute atomic E-state index is 10.6. The van der Waals surface area contributed by atoms with Crippen LogP contribution in [-0.4, -0.2) is 136 Å². The lowest BCUT2D eigenvalue weighted by molar-refractivity contribution is -0.193. The third-order valence-electron chi connectivity index (χ3n) is 6.88. The zero-order valence-electron chi connectivity index (χ0n) is 24.5. The minimum absolute atomic E-state index is 0.109. The van der Waals surface area contributed by atoms with Crippen LogP contribution in [0.25, 0.3) is 0 Å². The van der Waals surface area contributed by atoms with Gasteiger partial charge in [-0.15, -0.1) is 0 Å². The van der Waals surface area contributed by atoms with Crippen LogP contribution < -0.4 is 0 Å². The summed E-state index contributed by atoms with van der Waals surface area (Å²) in [5.74, 6) is -8.27. The number of piperazine rings is 1. The molecule has 3 N–H and O–H groups in total. The van der Waals surface area contributed by atoms with Gasteiger partial charge >= 0.3 is 36.4 Å². The zero-order valence-corrected chi connectivity index (χ0v) is 24.5. The topological polar surface area (TPSA) is 144 Å². The molecule has 0 radical (unpaired) electrons. The van der Waals surface area contributed by atoms with Crippen LogP contribution in [0, 0.1) is 0 Å². The second-order valence-electron chi connectivity index (χ2n) is 10.6. The lowest BCUT2D eigenvalue weighted by atomic mass is 9.90. The first-order chi connectivity index (χ1) is 21.0. The number of ether oxygens (including phenoxy) is 1. The second kappa shape index (κ2) is 17.6. The lowest BCUT2D eigenvalue weighted by Gasteiger charge is -2.42. The predicted molar refractivity (Wildman–Crippen MR) is 141 cm³/mol. The summed E-state index contributed by atoms with van der Waals surface area (Å²) in [4.78, 5) is 38.5. The van der Waals surface area contributed by atoms with E-state index in [2.05, 4.69) is 32.8 Å². The maximum atomic E-state index is 10.6. The molecular weight excluding hydrogens is 651 g/mol. The Hall–Kier alpha value is -3.23. The Morgan fingerprint density at radius 2 is 1.35 bits per heavy atom. The van der Waals surface area contributed by atoms with E-state index in [9.17, 15) is 39.5 Å². The molecule has 3 aliphatic rings. The number of halogens is 9. The van der Waals surface area contributed by atoms with Crippen molar-refractivity contribution in [3.05, 3.63) is 30.1 Å². The van der Waals surface area contributed by atoms with Crippen LogP contribution in [0.2, 0.25) is 0 Å². The highest BCUT2D eigenvalue weighted by molar-refractivity contribution is 5.73. The van der Waals surface area contributed by atoms with Gasteiger partial charge in [-0.1, -0.05) is 6.07 Å². The highest BCUT2D eigenvalue weighted by Crippen LogP contribution is 2.37. The number of nitrogens with zero attached hydrogens (tertiary/aromatic N) is 4. The van der Waals surface area contributed by atoms with Crippen LogP contribution in [0.5, 0.6) is 0 Å². The van der Waals surface area contributed by atoms with Gasteiger partial charge in [-0.2, -0.15) is 39.5 Å². The number of rotatable bonds is 4. The van der Waals surface area contributed by atoms with Crippen LogP contribution in [0.1, 0.15) is 31.2 Å². The SMILES string of the molecule is CN1CCN(C[C@H]2CCC[C@]3(CCN(Cc4cccnc4)C3)O2)CC1.O=C(O)C(F)(F)F.O=C(O)C(F)(F)F.O=C(O)C(F)(F)F. The molecule has 1 aromatic heterocycles. The van der Waals surface area contributed by atoms with Gasteiger partial charge in [0, 0.05) is 64.8 Å². The van der Waals surface area contributed by atoms with Crippen molar-refractivity contribution in [2.24, 2.45) is 0 Å². The molecule has 0 amide bonds. The maximum Gasteiger partial charge on any atom is 0.490 e. The van der Waals surface area contributed by atoms with Crippen LogP contribution in [-0.2, 0) is 25.7 Å². The van der Waals surface area contributed by atoms with Crippen molar-refractivity contribution in [3.63, 3.8) is 0 Å². The largest absolute Gasteiger partial charge is 0.490 e. The van der Waals surface area contributed by atoms with Gasteiger partial charge in [-0.05, 0) is 44.4 Å². The molecule has 20 heteroatoms. The number of aliphatic carboxylic acids is 3. The van der Waals surface area contributed by atoms with Crippen LogP contribution >= 0.6 is 0 Å². The fourth-order valence-electron chi connectivity index (χ4n) is 4.68. The van der Waals surface area contributed by atoms with Gasteiger partial charge in [0.05, 0.1) is 11.7 Å². The molecule has 2 atom stereocenters. The summed E-state index contributed by atoms with van der Waals surface area (Å²) in [5.41, 5.74) is 1.42. The van der Waals surface area contributed by atoms with Crippen molar-refractivity contribution in [3.8, 4) is 0 Å². The summed E-state index contributed by atoms with van der Waals surface area (Å²) < 4.78 is 102. The lowest BCUT2D eigenvalue weighted by Crippen LogP contribution is -2.51.